The number of ether oxygens (including phenoxy) is 2. The van der Waals surface area contributed by atoms with Crippen LogP contribution >= 0.6 is 0 Å². The highest BCUT2D eigenvalue weighted by Gasteiger charge is 2.11. The van der Waals surface area contributed by atoms with Gasteiger partial charge in [-0.3, -0.25) is 9.59 Å². The summed E-state index contributed by atoms with van der Waals surface area (Å²) in [6.45, 7) is 5.40. The molecule has 0 aliphatic heterocycles. The van der Waals surface area contributed by atoms with Crippen molar-refractivity contribution in [3.05, 3.63) is 58.7 Å². The summed E-state index contributed by atoms with van der Waals surface area (Å²) in [6, 6.07) is 10.9. The van der Waals surface area contributed by atoms with Crippen LogP contribution in [0.15, 0.2) is 41.5 Å². The summed E-state index contributed by atoms with van der Waals surface area (Å²) in [4.78, 5) is 23.1. The van der Waals surface area contributed by atoms with Gasteiger partial charge in [-0.2, -0.15) is 5.10 Å². The van der Waals surface area contributed by atoms with Crippen LogP contribution in [0.2, 0.25) is 0 Å². The molecule has 7 heteroatoms. The van der Waals surface area contributed by atoms with Crippen LogP contribution in [0.25, 0.3) is 0 Å². The average molecular weight is 384 g/mol. The summed E-state index contributed by atoms with van der Waals surface area (Å²) in [7, 11) is 1.48. The molecule has 2 aromatic rings. The Morgan fingerprint density at radius 3 is 2.43 bits per heavy atom. The zero-order valence-electron chi connectivity index (χ0n) is 16.4. The van der Waals surface area contributed by atoms with Gasteiger partial charge in [-0.1, -0.05) is 18.2 Å². The van der Waals surface area contributed by atoms with Gasteiger partial charge in [-0.25, -0.2) is 5.43 Å². The summed E-state index contributed by atoms with van der Waals surface area (Å²) in [5.74, 6) is -0.167. The summed E-state index contributed by atoms with van der Waals surface area (Å²) in [6.07, 6.45) is -0.166. The van der Waals surface area contributed by atoms with Gasteiger partial charge < -0.3 is 14.6 Å². The minimum absolute atomic E-state index is 0.157. The van der Waals surface area contributed by atoms with E-state index in [1.165, 1.54) is 7.11 Å². The van der Waals surface area contributed by atoms with Gasteiger partial charge in [-0.05, 0) is 55.7 Å². The largest absolute Gasteiger partial charge is 0.496 e. The fourth-order valence-electron chi connectivity index (χ4n) is 2.71. The number of benzene rings is 2. The Kier molecular flexibility index (Phi) is 7.14. The molecule has 2 N–H and O–H groups in total. The van der Waals surface area contributed by atoms with Gasteiger partial charge in [0.15, 0.2) is 6.61 Å². The quantitative estimate of drug-likeness (QED) is 0.539. The third-order valence-electron chi connectivity index (χ3n) is 4.14. The molecule has 0 bridgehead atoms. The first-order valence-corrected chi connectivity index (χ1v) is 8.73. The normalized spacial score (nSPS) is 11.1. The topological polar surface area (TPSA) is 97.2 Å². The van der Waals surface area contributed by atoms with Gasteiger partial charge in [0.05, 0.1) is 19.2 Å². The number of hydrogen-bond donors (Lipinski definition) is 2. The number of aliphatic carboxylic acids is 1. The van der Waals surface area contributed by atoms with Crippen LogP contribution < -0.4 is 14.9 Å². The molecule has 1 amide bonds. The second-order valence-corrected chi connectivity index (χ2v) is 6.34. The highest BCUT2D eigenvalue weighted by molar-refractivity contribution is 5.99. The maximum absolute atomic E-state index is 12.0. The van der Waals surface area contributed by atoms with E-state index in [1.54, 1.807) is 25.1 Å². The predicted octanol–water partition coefficient (Wildman–Crippen LogP) is 2.86. The maximum atomic E-state index is 12.0. The van der Waals surface area contributed by atoms with E-state index in [4.69, 9.17) is 14.6 Å². The molecule has 7 nitrogen and oxygen atoms in total. The monoisotopic (exact) mass is 384 g/mol. The SMILES string of the molecule is COc1ccc(/C(C)=N\NC(=O)COc2c(C)cccc2C)cc1CC(=O)O. The summed E-state index contributed by atoms with van der Waals surface area (Å²) in [5.41, 5.74) is 6.12. The third-order valence-corrected chi connectivity index (χ3v) is 4.14. The van der Waals surface area contributed by atoms with Crippen molar-refractivity contribution in [2.45, 2.75) is 27.2 Å². The number of amides is 1. The lowest BCUT2D eigenvalue weighted by Gasteiger charge is -2.11. The molecule has 0 aromatic heterocycles. The van der Waals surface area contributed by atoms with Crippen LogP contribution in [0.5, 0.6) is 11.5 Å². The van der Waals surface area contributed by atoms with Gasteiger partial charge in [0.1, 0.15) is 11.5 Å². The molecule has 2 aromatic carbocycles. The molecule has 0 aliphatic rings. The van der Waals surface area contributed by atoms with Crippen molar-refractivity contribution in [2.24, 2.45) is 5.10 Å². The summed E-state index contributed by atoms with van der Waals surface area (Å²) < 4.78 is 10.8. The molecule has 28 heavy (non-hydrogen) atoms. The number of carboxylic acid groups (broad SMARTS) is 1. The van der Waals surface area contributed by atoms with Crippen LogP contribution in [-0.2, 0) is 16.0 Å². The number of carbonyl (C=O) groups is 2. The number of nitrogens with one attached hydrogen (secondary N) is 1. The fourth-order valence-corrected chi connectivity index (χ4v) is 2.71. The van der Waals surface area contributed by atoms with E-state index in [0.717, 1.165) is 11.1 Å². The Balaban J connectivity index is 2.03. The number of hydrazone groups is 1. The van der Waals surface area contributed by atoms with E-state index in [-0.39, 0.29) is 18.9 Å². The van der Waals surface area contributed by atoms with Gasteiger partial charge in [0.2, 0.25) is 0 Å². The van der Waals surface area contributed by atoms with Crippen molar-refractivity contribution in [1.82, 2.24) is 5.43 Å². The molecule has 0 radical (unpaired) electrons. The molecule has 0 aliphatic carbocycles. The number of para-hydroxylation sites is 1. The Morgan fingerprint density at radius 2 is 1.82 bits per heavy atom. The molecule has 0 heterocycles. The first-order valence-electron chi connectivity index (χ1n) is 8.73. The molecule has 0 spiro atoms. The Labute approximate surface area is 164 Å². The Morgan fingerprint density at radius 1 is 1.14 bits per heavy atom. The van der Waals surface area contributed by atoms with Crippen LogP contribution in [0.4, 0.5) is 0 Å². The van der Waals surface area contributed by atoms with E-state index in [0.29, 0.717) is 28.3 Å². The van der Waals surface area contributed by atoms with Crippen molar-refractivity contribution in [3.63, 3.8) is 0 Å². The van der Waals surface area contributed by atoms with Crippen molar-refractivity contribution < 1.29 is 24.2 Å². The van der Waals surface area contributed by atoms with Crippen LogP contribution in [-0.4, -0.2) is 36.4 Å². The second kappa shape index (κ2) is 9.55. The van der Waals surface area contributed by atoms with Crippen LogP contribution in [0, 0.1) is 13.8 Å². The number of nitrogens with zero attached hydrogens (tertiary/aromatic N) is 1. The first-order chi connectivity index (χ1) is 13.3. The fraction of sp³-hybridized carbons (Fsp3) is 0.286. The summed E-state index contributed by atoms with van der Waals surface area (Å²) >= 11 is 0. The molecule has 0 saturated heterocycles. The van der Waals surface area contributed by atoms with Gasteiger partial charge in [0.25, 0.3) is 5.91 Å². The maximum Gasteiger partial charge on any atom is 0.307 e. The van der Waals surface area contributed by atoms with Crippen molar-refractivity contribution >= 4 is 17.6 Å². The third kappa shape index (κ3) is 5.57. The minimum atomic E-state index is -0.956. The number of carboxylic acids is 1. The molecule has 0 fully saturated rings. The van der Waals surface area contributed by atoms with Crippen molar-refractivity contribution in [3.8, 4) is 11.5 Å². The van der Waals surface area contributed by atoms with Crippen LogP contribution in [0.3, 0.4) is 0 Å². The van der Waals surface area contributed by atoms with E-state index in [1.807, 2.05) is 32.0 Å². The van der Waals surface area contributed by atoms with E-state index < -0.39 is 5.97 Å². The number of rotatable bonds is 8. The highest BCUT2D eigenvalue weighted by atomic mass is 16.5. The molecule has 0 unspecified atom stereocenters. The lowest BCUT2D eigenvalue weighted by molar-refractivity contribution is -0.136. The number of aryl methyl sites for hydroxylation is 2. The van der Waals surface area contributed by atoms with Gasteiger partial charge >= 0.3 is 5.97 Å². The minimum Gasteiger partial charge on any atom is -0.496 e. The van der Waals surface area contributed by atoms with Crippen molar-refractivity contribution in [1.29, 1.82) is 0 Å². The Bertz CT molecular complexity index is 885. The number of carbonyl (C=O) groups excluding carboxylic acids is 1. The molecule has 2 rings (SSSR count). The lowest BCUT2D eigenvalue weighted by Crippen LogP contribution is -2.26. The van der Waals surface area contributed by atoms with E-state index in [2.05, 4.69) is 10.5 Å². The zero-order valence-corrected chi connectivity index (χ0v) is 16.4. The number of hydrogen-bond acceptors (Lipinski definition) is 5. The smallest absolute Gasteiger partial charge is 0.307 e. The van der Waals surface area contributed by atoms with E-state index >= 15 is 0 Å². The molecular weight excluding hydrogens is 360 g/mol. The standard InChI is InChI=1S/C21H24N2O5/c1-13-6-5-7-14(2)21(13)28-12-19(24)23-22-15(3)16-8-9-18(27-4)17(10-16)11-20(25)26/h5-10H,11-12H2,1-4H3,(H,23,24)(H,25,26)/b22-15-. The lowest BCUT2D eigenvalue weighted by atomic mass is 10.0. The molecule has 0 saturated carbocycles. The van der Waals surface area contributed by atoms with Crippen molar-refractivity contribution in [2.75, 3.05) is 13.7 Å². The average Bonchev–Trinajstić information content (AvgIpc) is 2.65. The predicted molar refractivity (Wildman–Crippen MR) is 106 cm³/mol. The zero-order chi connectivity index (χ0) is 20.7. The highest BCUT2D eigenvalue weighted by Crippen LogP contribution is 2.22. The molecular formula is C21H24N2O5. The van der Waals surface area contributed by atoms with Crippen LogP contribution in [0.1, 0.15) is 29.2 Å². The first kappa shape index (κ1) is 21.0. The summed E-state index contributed by atoms with van der Waals surface area (Å²) in [5, 5.41) is 13.1. The second-order valence-electron chi connectivity index (χ2n) is 6.34. The molecule has 0 atom stereocenters. The van der Waals surface area contributed by atoms with E-state index in [9.17, 15) is 9.59 Å². The van der Waals surface area contributed by atoms with Gasteiger partial charge in [-0.15, -0.1) is 0 Å². The number of methoxy groups -OCH3 is 1. The Hall–Kier alpha value is -3.35. The molecule has 148 valence electrons. The van der Waals surface area contributed by atoms with Gasteiger partial charge in [0, 0.05) is 5.56 Å².